The Balaban J connectivity index is 1.35. The van der Waals surface area contributed by atoms with E-state index < -0.39 is 0 Å². The second kappa shape index (κ2) is 8.56. The first kappa shape index (κ1) is 19.2. The van der Waals surface area contributed by atoms with Gasteiger partial charge in [0, 0.05) is 30.4 Å². The van der Waals surface area contributed by atoms with Crippen LogP contribution in [0.4, 0.5) is 0 Å². The first-order valence-corrected chi connectivity index (χ1v) is 10.6. The number of amides is 1. The Kier molecular flexibility index (Phi) is 5.31. The minimum Gasteiger partial charge on any atom is -0.340 e. The highest BCUT2D eigenvalue weighted by atomic mass is 16.2. The van der Waals surface area contributed by atoms with Gasteiger partial charge in [-0.1, -0.05) is 66.7 Å². The number of nitrogens with zero attached hydrogens (tertiary/aromatic N) is 3. The van der Waals surface area contributed by atoms with Crippen LogP contribution in [0.5, 0.6) is 0 Å². The van der Waals surface area contributed by atoms with Crippen molar-refractivity contribution in [3.8, 4) is 11.4 Å². The molecule has 1 amide bonds. The summed E-state index contributed by atoms with van der Waals surface area (Å²) in [5.41, 5.74) is 4.23. The van der Waals surface area contributed by atoms with Gasteiger partial charge in [-0.25, -0.2) is 4.98 Å². The zero-order valence-electron chi connectivity index (χ0n) is 17.2. The Hall–Kier alpha value is -3.73. The number of hydrogen-bond acceptors (Lipinski definition) is 3. The third kappa shape index (κ3) is 4.40. The molecule has 5 heteroatoms. The average Bonchev–Trinajstić information content (AvgIpc) is 3.50. The average molecular weight is 409 g/mol. The van der Waals surface area contributed by atoms with Gasteiger partial charge in [-0.3, -0.25) is 9.78 Å². The van der Waals surface area contributed by atoms with Crippen LogP contribution in [-0.4, -0.2) is 25.8 Å². The number of benzene rings is 2. The predicted molar refractivity (Wildman–Crippen MR) is 120 cm³/mol. The van der Waals surface area contributed by atoms with Gasteiger partial charge in [-0.2, -0.15) is 0 Å². The summed E-state index contributed by atoms with van der Waals surface area (Å²) in [6.45, 7) is 1.02. The lowest BCUT2D eigenvalue weighted by molar-refractivity contribution is -0.134. The highest BCUT2D eigenvalue weighted by molar-refractivity contribution is 5.83. The van der Waals surface area contributed by atoms with Gasteiger partial charge in [-0.05, 0) is 29.5 Å². The lowest BCUT2D eigenvalue weighted by atomic mass is 10.1. The van der Waals surface area contributed by atoms with Crippen LogP contribution in [-0.2, 0) is 17.9 Å². The van der Waals surface area contributed by atoms with E-state index in [2.05, 4.69) is 27.1 Å². The number of H-pyrrole nitrogens is 1. The van der Waals surface area contributed by atoms with Crippen LogP contribution >= 0.6 is 0 Å². The summed E-state index contributed by atoms with van der Waals surface area (Å²) in [5, 5.41) is 0. The molecule has 1 N–H and O–H groups in total. The number of aromatic amines is 1. The van der Waals surface area contributed by atoms with E-state index in [9.17, 15) is 4.79 Å². The third-order valence-electron chi connectivity index (χ3n) is 5.78. The van der Waals surface area contributed by atoms with Gasteiger partial charge in [0.25, 0.3) is 0 Å². The van der Waals surface area contributed by atoms with E-state index in [0.29, 0.717) is 19.0 Å². The number of carbonyl (C=O) groups is 1. The normalized spacial score (nSPS) is 17.3. The highest BCUT2D eigenvalue weighted by Gasteiger charge is 2.45. The zero-order chi connectivity index (χ0) is 21.0. The Morgan fingerprint density at radius 2 is 1.71 bits per heavy atom. The molecule has 31 heavy (non-hydrogen) atoms. The second-order valence-corrected chi connectivity index (χ2v) is 8.04. The fraction of sp³-hybridized carbons (Fsp3) is 0.192. The number of carbonyl (C=O) groups excluding carboxylic acids is 1. The van der Waals surface area contributed by atoms with Crippen LogP contribution in [0.15, 0.2) is 91.4 Å². The fourth-order valence-electron chi connectivity index (χ4n) is 4.08. The van der Waals surface area contributed by atoms with Crippen molar-refractivity contribution in [1.29, 1.82) is 0 Å². The number of aromatic nitrogens is 3. The standard InChI is InChI=1S/C26H24N4O/c31-26(24-14-23(24)20-9-3-1-4-10-20)30(17-19-8-7-13-27-15-19)18-22-16-28-25(29-22)21-11-5-2-6-12-21/h1-13,15-16,23-24H,14,17-18H2,(H,28,29)/t23-,24+/m0/s1. The van der Waals surface area contributed by atoms with Gasteiger partial charge >= 0.3 is 0 Å². The van der Waals surface area contributed by atoms with Crippen molar-refractivity contribution in [2.45, 2.75) is 25.4 Å². The fourth-order valence-corrected chi connectivity index (χ4v) is 4.08. The maximum atomic E-state index is 13.4. The number of pyridine rings is 1. The third-order valence-corrected chi connectivity index (χ3v) is 5.78. The first-order chi connectivity index (χ1) is 15.3. The Morgan fingerprint density at radius 1 is 0.935 bits per heavy atom. The van der Waals surface area contributed by atoms with Gasteiger partial charge in [-0.15, -0.1) is 0 Å². The van der Waals surface area contributed by atoms with Gasteiger partial charge in [0.1, 0.15) is 5.82 Å². The molecule has 1 aliphatic rings. The Bertz CT molecular complexity index is 1140. The highest BCUT2D eigenvalue weighted by Crippen LogP contribution is 2.48. The molecule has 1 aliphatic carbocycles. The summed E-state index contributed by atoms with van der Waals surface area (Å²) in [4.78, 5) is 27.5. The molecule has 0 radical (unpaired) electrons. The molecule has 2 atom stereocenters. The molecule has 1 fully saturated rings. The molecule has 0 aliphatic heterocycles. The van der Waals surface area contributed by atoms with Crippen molar-refractivity contribution in [2.24, 2.45) is 5.92 Å². The second-order valence-electron chi connectivity index (χ2n) is 8.04. The smallest absolute Gasteiger partial charge is 0.226 e. The summed E-state index contributed by atoms with van der Waals surface area (Å²) in [5.74, 6) is 1.36. The predicted octanol–water partition coefficient (Wildman–Crippen LogP) is 4.80. The van der Waals surface area contributed by atoms with E-state index >= 15 is 0 Å². The minimum absolute atomic E-state index is 0.0376. The SMILES string of the molecule is O=C([C@@H]1C[C@H]1c1ccccc1)N(Cc1cccnc1)Cc1cnc(-c2ccccc2)[nH]1. The van der Waals surface area contributed by atoms with E-state index in [1.165, 1.54) is 5.56 Å². The van der Waals surface area contributed by atoms with Gasteiger partial charge in [0.15, 0.2) is 0 Å². The zero-order valence-corrected chi connectivity index (χ0v) is 17.2. The maximum absolute atomic E-state index is 13.4. The number of hydrogen-bond donors (Lipinski definition) is 1. The molecular formula is C26H24N4O. The van der Waals surface area contributed by atoms with Crippen LogP contribution in [0.25, 0.3) is 11.4 Å². The maximum Gasteiger partial charge on any atom is 0.226 e. The minimum atomic E-state index is 0.0376. The number of imidazole rings is 1. The molecule has 1 saturated carbocycles. The van der Waals surface area contributed by atoms with E-state index in [4.69, 9.17) is 0 Å². The summed E-state index contributed by atoms with van der Waals surface area (Å²) in [6.07, 6.45) is 6.31. The monoisotopic (exact) mass is 408 g/mol. The molecule has 0 unspecified atom stereocenters. The van der Waals surface area contributed by atoms with Crippen LogP contribution in [0, 0.1) is 5.92 Å². The van der Waals surface area contributed by atoms with Crippen molar-refractivity contribution in [2.75, 3.05) is 0 Å². The van der Waals surface area contributed by atoms with Crippen LogP contribution in [0.2, 0.25) is 0 Å². The molecule has 4 aromatic rings. The van der Waals surface area contributed by atoms with E-state index in [1.54, 1.807) is 6.20 Å². The Morgan fingerprint density at radius 3 is 2.45 bits per heavy atom. The van der Waals surface area contributed by atoms with E-state index in [0.717, 1.165) is 29.1 Å². The van der Waals surface area contributed by atoms with Crippen LogP contribution in [0.1, 0.15) is 29.2 Å². The molecule has 2 aromatic heterocycles. The molecule has 2 heterocycles. The molecule has 5 rings (SSSR count). The van der Waals surface area contributed by atoms with Crippen LogP contribution < -0.4 is 0 Å². The van der Waals surface area contributed by atoms with Crippen molar-refractivity contribution < 1.29 is 4.79 Å². The van der Waals surface area contributed by atoms with Crippen molar-refractivity contribution in [3.63, 3.8) is 0 Å². The largest absolute Gasteiger partial charge is 0.340 e. The number of rotatable bonds is 7. The lowest BCUT2D eigenvalue weighted by Gasteiger charge is -2.22. The summed E-state index contributed by atoms with van der Waals surface area (Å²) < 4.78 is 0. The van der Waals surface area contributed by atoms with Crippen LogP contribution in [0.3, 0.4) is 0 Å². The van der Waals surface area contributed by atoms with Crippen molar-refractivity contribution >= 4 is 5.91 Å². The summed E-state index contributed by atoms with van der Waals surface area (Å²) in [6, 6.07) is 24.3. The van der Waals surface area contributed by atoms with Crippen molar-refractivity contribution in [1.82, 2.24) is 19.9 Å². The molecular weight excluding hydrogens is 384 g/mol. The molecule has 0 spiro atoms. The summed E-state index contributed by atoms with van der Waals surface area (Å²) >= 11 is 0. The number of nitrogens with one attached hydrogen (secondary N) is 1. The molecule has 5 nitrogen and oxygen atoms in total. The molecule has 154 valence electrons. The lowest BCUT2D eigenvalue weighted by Crippen LogP contribution is -2.32. The molecule has 0 bridgehead atoms. The quantitative estimate of drug-likeness (QED) is 0.478. The molecule has 0 saturated heterocycles. The van der Waals surface area contributed by atoms with E-state index in [-0.39, 0.29) is 11.8 Å². The van der Waals surface area contributed by atoms with E-state index in [1.807, 2.05) is 78.0 Å². The van der Waals surface area contributed by atoms with Gasteiger partial charge in [0.2, 0.25) is 5.91 Å². The van der Waals surface area contributed by atoms with Crippen molar-refractivity contribution in [3.05, 3.63) is 108 Å². The topological polar surface area (TPSA) is 61.9 Å². The summed E-state index contributed by atoms with van der Waals surface area (Å²) in [7, 11) is 0. The Labute approximate surface area is 181 Å². The molecule has 2 aromatic carbocycles. The first-order valence-electron chi connectivity index (χ1n) is 10.6. The van der Waals surface area contributed by atoms with Gasteiger partial charge < -0.3 is 9.88 Å². The van der Waals surface area contributed by atoms with Gasteiger partial charge in [0.05, 0.1) is 18.4 Å².